The first-order chi connectivity index (χ1) is 7.11. The van der Waals surface area contributed by atoms with Gasteiger partial charge in [-0.3, -0.25) is 0 Å². The van der Waals surface area contributed by atoms with Crippen LogP contribution in [0, 0.1) is 0 Å². The Labute approximate surface area is 97.5 Å². The number of hydrogen-bond donors (Lipinski definition) is 2. The molecule has 0 atom stereocenters. The topological polar surface area (TPSA) is 61.8 Å². The highest BCUT2D eigenvalue weighted by Crippen LogP contribution is 2.26. The summed E-state index contributed by atoms with van der Waals surface area (Å²) in [5.41, 5.74) is 7.28. The van der Waals surface area contributed by atoms with E-state index >= 15 is 0 Å². The Kier molecular flexibility index (Phi) is 3.96. The van der Waals surface area contributed by atoms with Crippen molar-refractivity contribution in [3.05, 3.63) is 28.2 Å². The Morgan fingerprint density at radius 1 is 1.60 bits per heavy atom. The van der Waals surface area contributed by atoms with Gasteiger partial charge >= 0.3 is 0 Å². The fourth-order valence-electron chi connectivity index (χ4n) is 1.30. The molecular formula is C10H14BrN3O. The number of anilines is 1. The lowest BCUT2D eigenvalue weighted by Crippen LogP contribution is -2.23. The van der Waals surface area contributed by atoms with E-state index in [1.807, 2.05) is 37.1 Å². The van der Waals surface area contributed by atoms with Gasteiger partial charge in [0.15, 0.2) is 5.84 Å². The first-order valence-corrected chi connectivity index (χ1v) is 5.38. The molecule has 15 heavy (non-hydrogen) atoms. The summed E-state index contributed by atoms with van der Waals surface area (Å²) < 4.78 is 0.815. The predicted molar refractivity (Wildman–Crippen MR) is 65.6 cm³/mol. The summed E-state index contributed by atoms with van der Waals surface area (Å²) in [6.45, 7) is 2.89. The number of nitrogens with zero attached hydrogens (tertiary/aromatic N) is 2. The third-order valence-electron chi connectivity index (χ3n) is 2.24. The number of hydrogen-bond acceptors (Lipinski definition) is 3. The van der Waals surface area contributed by atoms with Crippen molar-refractivity contribution in [3.63, 3.8) is 0 Å². The molecule has 4 nitrogen and oxygen atoms in total. The molecule has 1 rings (SSSR count). The Morgan fingerprint density at radius 2 is 2.27 bits per heavy atom. The van der Waals surface area contributed by atoms with Crippen molar-refractivity contribution in [2.24, 2.45) is 10.9 Å². The molecule has 0 aliphatic rings. The summed E-state index contributed by atoms with van der Waals surface area (Å²) >= 11 is 3.39. The van der Waals surface area contributed by atoms with Gasteiger partial charge in [-0.2, -0.15) is 0 Å². The van der Waals surface area contributed by atoms with Crippen LogP contribution >= 0.6 is 15.9 Å². The molecule has 82 valence electrons. The molecule has 0 saturated heterocycles. The van der Waals surface area contributed by atoms with E-state index in [9.17, 15) is 0 Å². The van der Waals surface area contributed by atoms with Crippen LogP contribution in [-0.4, -0.2) is 24.6 Å². The van der Waals surface area contributed by atoms with Crippen LogP contribution in [0.1, 0.15) is 12.5 Å². The van der Waals surface area contributed by atoms with E-state index in [1.54, 1.807) is 0 Å². The maximum atomic E-state index is 8.72. The third-order valence-corrected chi connectivity index (χ3v) is 2.90. The second-order valence-corrected chi connectivity index (χ2v) is 3.99. The number of halogens is 1. The van der Waals surface area contributed by atoms with Crippen LogP contribution < -0.4 is 10.6 Å². The molecule has 3 N–H and O–H groups in total. The molecule has 0 aromatic heterocycles. The lowest BCUT2D eigenvalue weighted by atomic mass is 10.1. The van der Waals surface area contributed by atoms with Gasteiger partial charge in [-0.25, -0.2) is 0 Å². The second kappa shape index (κ2) is 5.02. The lowest BCUT2D eigenvalue weighted by Gasteiger charge is -2.20. The number of benzene rings is 1. The minimum atomic E-state index is 0.109. The molecule has 1 aromatic carbocycles. The van der Waals surface area contributed by atoms with Crippen LogP contribution in [0.3, 0.4) is 0 Å². The molecule has 0 amide bonds. The molecular weight excluding hydrogens is 258 g/mol. The average Bonchev–Trinajstić information content (AvgIpc) is 2.26. The number of oxime groups is 1. The summed E-state index contributed by atoms with van der Waals surface area (Å²) in [5.74, 6) is 0.109. The van der Waals surface area contributed by atoms with Crippen LogP contribution in [0.15, 0.2) is 27.8 Å². The van der Waals surface area contributed by atoms with Crippen LogP contribution in [-0.2, 0) is 0 Å². The summed E-state index contributed by atoms with van der Waals surface area (Å²) in [7, 11) is 1.95. The molecule has 0 saturated carbocycles. The molecule has 0 aliphatic heterocycles. The van der Waals surface area contributed by atoms with E-state index in [-0.39, 0.29) is 5.84 Å². The fourth-order valence-corrected chi connectivity index (χ4v) is 1.86. The molecule has 0 radical (unpaired) electrons. The van der Waals surface area contributed by atoms with Crippen molar-refractivity contribution >= 4 is 27.5 Å². The quantitative estimate of drug-likeness (QED) is 0.383. The van der Waals surface area contributed by atoms with Gasteiger partial charge in [-0.05, 0) is 35.0 Å². The largest absolute Gasteiger partial charge is 0.409 e. The van der Waals surface area contributed by atoms with Crippen molar-refractivity contribution < 1.29 is 5.21 Å². The highest BCUT2D eigenvalue weighted by atomic mass is 79.9. The maximum absolute atomic E-state index is 8.72. The highest BCUT2D eigenvalue weighted by Gasteiger charge is 2.13. The van der Waals surface area contributed by atoms with Crippen molar-refractivity contribution in [1.29, 1.82) is 0 Å². The number of rotatable bonds is 3. The maximum Gasteiger partial charge on any atom is 0.173 e. The molecule has 0 unspecified atom stereocenters. The van der Waals surface area contributed by atoms with Gasteiger partial charge in [-0.15, -0.1) is 0 Å². The minimum Gasteiger partial charge on any atom is -0.409 e. The zero-order chi connectivity index (χ0) is 11.4. The van der Waals surface area contributed by atoms with Crippen LogP contribution in [0.5, 0.6) is 0 Å². The fraction of sp³-hybridized carbons (Fsp3) is 0.300. The first kappa shape index (κ1) is 11.8. The Morgan fingerprint density at radius 3 is 2.80 bits per heavy atom. The molecule has 0 fully saturated rings. The molecule has 0 spiro atoms. The van der Waals surface area contributed by atoms with Crippen molar-refractivity contribution in [3.8, 4) is 0 Å². The van der Waals surface area contributed by atoms with Gasteiger partial charge in [0, 0.05) is 23.8 Å². The molecule has 0 aliphatic carbocycles. The molecule has 0 heterocycles. The van der Waals surface area contributed by atoms with Gasteiger partial charge in [0.1, 0.15) is 0 Å². The van der Waals surface area contributed by atoms with E-state index < -0.39 is 0 Å². The van der Waals surface area contributed by atoms with E-state index in [1.165, 1.54) is 0 Å². The van der Waals surface area contributed by atoms with Crippen molar-refractivity contribution in [1.82, 2.24) is 0 Å². The summed E-state index contributed by atoms with van der Waals surface area (Å²) in [4.78, 5) is 2.03. The van der Waals surface area contributed by atoms with Gasteiger partial charge in [0.25, 0.3) is 0 Å². The van der Waals surface area contributed by atoms with Gasteiger partial charge < -0.3 is 15.8 Å². The molecule has 1 aromatic rings. The second-order valence-electron chi connectivity index (χ2n) is 3.13. The third kappa shape index (κ3) is 2.41. The average molecular weight is 272 g/mol. The minimum absolute atomic E-state index is 0.109. The number of amidine groups is 1. The van der Waals surface area contributed by atoms with Gasteiger partial charge in [-0.1, -0.05) is 11.2 Å². The highest BCUT2D eigenvalue weighted by molar-refractivity contribution is 9.10. The van der Waals surface area contributed by atoms with Gasteiger partial charge in [0.05, 0.1) is 5.56 Å². The lowest BCUT2D eigenvalue weighted by molar-refractivity contribution is 0.318. The Bertz CT molecular complexity index is 379. The van der Waals surface area contributed by atoms with Crippen molar-refractivity contribution in [2.75, 3.05) is 18.5 Å². The summed E-state index contributed by atoms with van der Waals surface area (Å²) in [5, 5.41) is 11.7. The van der Waals surface area contributed by atoms with E-state index in [2.05, 4.69) is 21.1 Å². The summed E-state index contributed by atoms with van der Waals surface area (Å²) in [6, 6.07) is 5.71. The van der Waals surface area contributed by atoms with E-state index in [4.69, 9.17) is 10.9 Å². The zero-order valence-electron chi connectivity index (χ0n) is 8.74. The van der Waals surface area contributed by atoms with E-state index in [0.29, 0.717) is 5.56 Å². The van der Waals surface area contributed by atoms with Crippen LogP contribution in [0.4, 0.5) is 5.69 Å². The van der Waals surface area contributed by atoms with Crippen molar-refractivity contribution in [2.45, 2.75) is 6.92 Å². The Hall–Kier alpha value is -1.23. The first-order valence-electron chi connectivity index (χ1n) is 4.59. The smallest absolute Gasteiger partial charge is 0.173 e. The Balaban J connectivity index is 3.33. The van der Waals surface area contributed by atoms with E-state index in [0.717, 1.165) is 16.7 Å². The van der Waals surface area contributed by atoms with Crippen LogP contribution in [0.2, 0.25) is 0 Å². The monoisotopic (exact) mass is 271 g/mol. The normalized spacial score (nSPS) is 11.5. The molecule has 0 bridgehead atoms. The SMILES string of the molecule is CCN(C)c1cccc(Br)c1/C(N)=N/O. The number of nitrogens with two attached hydrogens (primary N) is 1. The van der Waals surface area contributed by atoms with Crippen LogP contribution in [0.25, 0.3) is 0 Å². The molecule has 5 heteroatoms. The standard InChI is InChI=1S/C10H14BrN3O/c1-3-14(2)8-6-4-5-7(11)9(8)10(12)13-15/h4-6,15H,3H2,1-2H3,(H2,12,13). The van der Waals surface area contributed by atoms with Gasteiger partial charge in [0.2, 0.25) is 0 Å². The zero-order valence-corrected chi connectivity index (χ0v) is 10.3. The summed E-state index contributed by atoms with van der Waals surface area (Å²) in [6.07, 6.45) is 0. The predicted octanol–water partition coefficient (Wildman–Crippen LogP) is 2.00.